The molecule has 0 radical (unpaired) electrons. The molecule has 0 atom stereocenters. The van der Waals surface area contributed by atoms with Crippen LogP contribution < -0.4 is 0 Å². The maximum absolute atomic E-state index is 5.19. The summed E-state index contributed by atoms with van der Waals surface area (Å²) < 4.78 is 4.81. The van der Waals surface area contributed by atoms with Gasteiger partial charge in [-0.25, -0.2) is 4.98 Å². The highest BCUT2D eigenvalue weighted by atomic mass is 32.1. The summed E-state index contributed by atoms with van der Waals surface area (Å²) in [5, 5.41) is 4.91. The highest BCUT2D eigenvalue weighted by Crippen LogP contribution is 2.39. The van der Waals surface area contributed by atoms with E-state index in [-0.39, 0.29) is 0 Å². The zero-order valence-corrected chi connectivity index (χ0v) is 27.7. The number of rotatable bonds is 5. The van der Waals surface area contributed by atoms with Gasteiger partial charge in [0, 0.05) is 42.1 Å². The minimum atomic E-state index is 0.587. The third-order valence-electron chi connectivity index (χ3n) is 9.47. The molecule has 5 heteroatoms. The van der Waals surface area contributed by atoms with E-state index in [0.717, 1.165) is 44.1 Å². The predicted molar refractivity (Wildman–Crippen MR) is 209 cm³/mol. The molecule has 10 rings (SSSR count). The Kier molecular flexibility index (Phi) is 6.64. The molecule has 0 aliphatic heterocycles. The summed E-state index contributed by atoms with van der Waals surface area (Å²) >= 11 is 1.85. The van der Waals surface area contributed by atoms with Gasteiger partial charge in [0.15, 0.2) is 11.6 Å². The molecule has 0 spiro atoms. The number of hydrogen-bond donors (Lipinski definition) is 0. The Morgan fingerprint density at radius 3 is 1.72 bits per heavy atom. The van der Waals surface area contributed by atoms with Gasteiger partial charge in [0.1, 0.15) is 0 Å². The average Bonchev–Trinajstić information content (AvgIpc) is 3.73. The first-order valence-electron chi connectivity index (χ1n) is 16.7. The lowest BCUT2D eigenvalue weighted by Crippen LogP contribution is -2.06. The van der Waals surface area contributed by atoms with E-state index < -0.39 is 0 Å². The van der Waals surface area contributed by atoms with Crippen molar-refractivity contribution in [3.63, 3.8) is 0 Å². The largest absolute Gasteiger partial charge is 0.278 e. The maximum atomic E-state index is 5.19. The Hall–Kier alpha value is -6.43. The van der Waals surface area contributed by atoms with Gasteiger partial charge in [0.25, 0.3) is 0 Å². The van der Waals surface area contributed by atoms with E-state index in [9.17, 15) is 0 Å². The van der Waals surface area contributed by atoms with Crippen molar-refractivity contribution in [3.8, 4) is 51.0 Å². The number of fused-ring (bicyclic) bond motifs is 6. The summed E-state index contributed by atoms with van der Waals surface area (Å²) in [5.74, 6) is 1.85. The van der Waals surface area contributed by atoms with Gasteiger partial charge >= 0.3 is 0 Å². The molecular formula is C45H28N4S. The van der Waals surface area contributed by atoms with Crippen LogP contribution in [0.15, 0.2) is 170 Å². The highest BCUT2D eigenvalue weighted by molar-refractivity contribution is 7.25. The van der Waals surface area contributed by atoms with Crippen molar-refractivity contribution < 1.29 is 0 Å². The van der Waals surface area contributed by atoms with E-state index >= 15 is 0 Å². The second kappa shape index (κ2) is 11.6. The number of benzene rings is 7. The van der Waals surface area contributed by atoms with Gasteiger partial charge in [-0.05, 0) is 64.7 Å². The lowest BCUT2D eigenvalue weighted by molar-refractivity contribution is 0.953. The van der Waals surface area contributed by atoms with Crippen LogP contribution in [0.3, 0.4) is 0 Å². The Morgan fingerprint density at radius 2 is 0.900 bits per heavy atom. The number of para-hydroxylation sites is 1. The zero-order valence-electron chi connectivity index (χ0n) is 26.9. The fraction of sp³-hybridized carbons (Fsp3) is 0. The van der Waals surface area contributed by atoms with Gasteiger partial charge in [0.2, 0.25) is 5.95 Å². The third-order valence-corrected chi connectivity index (χ3v) is 10.6. The normalized spacial score (nSPS) is 11.6. The van der Waals surface area contributed by atoms with Crippen LogP contribution >= 0.6 is 11.3 Å². The number of nitrogens with zero attached hydrogens (tertiary/aromatic N) is 4. The van der Waals surface area contributed by atoms with E-state index in [1.54, 1.807) is 0 Å². The molecule has 0 saturated carbocycles. The van der Waals surface area contributed by atoms with Gasteiger partial charge in [-0.2, -0.15) is 9.97 Å². The van der Waals surface area contributed by atoms with Crippen molar-refractivity contribution in [2.24, 2.45) is 0 Å². The average molecular weight is 657 g/mol. The fourth-order valence-electron chi connectivity index (χ4n) is 7.05. The third kappa shape index (κ3) is 4.79. The summed E-state index contributed by atoms with van der Waals surface area (Å²) in [5.41, 5.74) is 8.62. The Bertz CT molecular complexity index is 2870. The van der Waals surface area contributed by atoms with Crippen LogP contribution in [-0.2, 0) is 0 Å². The SMILES string of the molecule is c1ccc(-c2cccc(-c3nc(-c4ccccc4)nc(-n4c5ccccc5c5cc(-c6ccc7sc8ccccc8c7c6)ccc54)n3)c2)cc1. The molecule has 0 fully saturated rings. The van der Waals surface area contributed by atoms with E-state index in [4.69, 9.17) is 15.0 Å². The van der Waals surface area contributed by atoms with Crippen LogP contribution in [0.2, 0.25) is 0 Å². The van der Waals surface area contributed by atoms with Crippen LogP contribution in [0.5, 0.6) is 0 Å². The first kappa shape index (κ1) is 28.6. The summed E-state index contributed by atoms with van der Waals surface area (Å²) in [7, 11) is 0. The predicted octanol–water partition coefficient (Wildman–Crippen LogP) is 12.0. The molecule has 0 aliphatic rings. The molecule has 10 aromatic rings. The molecule has 234 valence electrons. The summed E-state index contributed by atoms with van der Waals surface area (Å²) in [6, 6.07) is 59.8. The van der Waals surface area contributed by atoms with E-state index in [1.807, 2.05) is 35.6 Å². The molecule has 0 N–H and O–H groups in total. The molecule has 0 saturated heterocycles. The minimum Gasteiger partial charge on any atom is -0.278 e. The summed E-state index contributed by atoms with van der Waals surface area (Å²) in [6.07, 6.45) is 0. The number of thiophene rings is 1. The van der Waals surface area contributed by atoms with E-state index in [2.05, 4.69) is 150 Å². The van der Waals surface area contributed by atoms with Gasteiger partial charge < -0.3 is 0 Å². The highest BCUT2D eigenvalue weighted by Gasteiger charge is 2.19. The molecule has 7 aromatic carbocycles. The summed E-state index contributed by atoms with van der Waals surface area (Å²) in [6.45, 7) is 0. The van der Waals surface area contributed by atoms with Gasteiger partial charge in [-0.1, -0.05) is 127 Å². The molecule has 3 aromatic heterocycles. The second-order valence-electron chi connectivity index (χ2n) is 12.5. The molecule has 0 aliphatic carbocycles. The lowest BCUT2D eigenvalue weighted by atomic mass is 10.0. The van der Waals surface area contributed by atoms with Crippen LogP contribution in [0, 0.1) is 0 Å². The smallest absolute Gasteiger partial charge is 0.238 e. The van der Waals surface area contributed by atoms with Crippen molar-refractivity contribution in [2.75, 3.05) is 0 Å². The lowest BCUT2D eigenvalue weighted by Gasteiger charge is -2.12. The standard InChI is InChI=1S/C45H28N4S/c1-3-12-29(13-4-1)31-16-11-17-34(26-31)44-46-43(30-14-5-2-6-15-30)47-45(48-44)49-39-20-9-7-18-35(39)37-27-32(22-24-40(37)49)33-23-25-42-38(28-33)36-19-8-10-21-41(36)50-42/h1-28H. The van der Waals surface area contributed by atoms with Gasteiger partial charge in [0.05, 0.1) is 11.0 Å². The molecule has 50 heavy (non-hydrogen) atoms. The van der Waals surface area contributed by atoms with Crippen LogP contribution in [0.25, 0.3) is 93.0 Å². The molecule has 4 nitrogen and oxygen atoms in total. The fourth-order valence-corrected chi connectivity index (χ4v) is 8.14. The molecule has 0 bridgehead atoms. The van der Waals surface area contributed by atoms with Crippen LogP contribution in [-0.4, -0.2) is 19.5 Å². The van der Waals surface area contributed by atoms with Crippen molar-refractivity contribution in [1.29, 1.82) is 0 Å². The number of hydrogen-bond acceptors (Lipinski definition) is 4. The van der Waals surface area contributed by atoms with Gasteiger partial charge in [-0.3, -0.25) is 4.57 Å². The Balaban J connectivity index is 1.17. The zero-order chi connectivity index (χ0) is 33.0. The first-order valence-corrected chi connectivity index (χ1v) is 17.5. The van der Waals surface area contributed by atoms with Crippen molar-refractivity contribution in [2.45, 2.75) is 0 Å². The maximum Gasteiger partial charge on any atom is 0.238 e. The second-order valence-corrected chi connectivity index (χ2v) is 13.6. The van der Waals surface area contributed by atoms with E-state index in [0.29, 0.717) is 17.6 Å². The molecular weight excluding hydrogens is 629 g/mol. The van der Waals surface area contributed by atoms with Crippen LogP contribution in [0.1, 0.15) is 0 Å². The van der Waals surface area contributed by atoms with Crippen molar-refractivity contribution >= 4 is 53.3 Å². The first-order chi connectivity index (χ1) is 24.8. The number of aromatic nitrogens is 4. The monoisotopic (exact) mass is 656 g/mol. The van der Waals surface area contributed by atoms with Crippen molar-refractivity contribution in [1.82, 2.24) is 19.5 Å². The molecule has 3 heterocycles. The topological polar surface area (TPSA) is 43.6 Å². The Morgan fingerprint density at radius 1 is 0.340 bits per heavy atom. The Labute approximate surface area is 292 Å². The minimum absolute atomic E-state index is 0.587. The molecule has 0 amide bonds. The van der Waals surface area contributed by atoms with Crippen molar-refractivity contribution in [3.05, 3.63) is 170 Å². The van der Waals surface area contributed by atoms with E-state index in [1.165, 1.54) is 31.3 Å². The quantitative estimate of drug-likeness (QED) is 0.185. The van der Waals surface area contributed by atoms with Crippen LogP contribution in [0.4, 0.5) is 0 Å². The van der Waals surface area contributed by atoms with Gasteiger partial charge in [-0.15, -0.1) is 11.3 Å². The summed E-state index contributed by atoms with van der Waals surface area (Å²) in [4.78, 5) is 15.4. The molecule has 0 unspecified atom stereocenters.